The van der Waals surface area contributed by atoms with Gasteiger partial charge in [0.1, 0.15) is 17.3 Å². The lowest BCUT2D eigenvalue weighted by molar-refractivity contribution is -0.118. The van der Waals surface area contributed by atoms with Crippen LogP contribution in [-0.4, -0.2) is 39.0 Å². The molecule has 1 aromatic carbocycles. The number of carbonyl (C=O) groups is 1. The van der Waals surface area contributed by atoms with E-state index in [1.165, 1.54) is 6.92 Å². The maximum Gasteiger partial charge on any atom is 0.216 e. The molecule has 0 radical (unpaired) electrons. The second-order valence-corrected chi connectivity index (χ2v) is 6.21. The Balaban J connectivity index is 1.79. The summed E-state index contributed by atoms with van der Waals surface area (Å²) in [4.78, 5) is 15.3. The molecular formula is C19H20N6O2. The molecule has 8 heteroatoms. The van der Waals surface area contributed by atoms with Gasteiger partial charge in [0.2, 0.25) is 5.91 Å². The predicted molar refractivity (Wildman–Crippen MR) is 100.0 cm³/mol. The van der Waals surface area contributed by atoms with Crippen LogP contribution in [0.4, 0.5) is 0 Å². The van der Waals surface area contributed by atoms with E-state index >= 15 is 0 Å². The zero-order chi connectivity index (χ0) is 19.4. The number of hydrogen-bond acceptors (Lipinski definition) is 6. The van der Waals surface area contributed by atoms with Gasteiger partial charge in [0.05, 0.1) is 17.8 Å². The van der Waals surface area contributed by atoms with Crippen LogP contribution < -0.4 is 10.1 Å². The number of fused-ring (bicyclic) bond motifs is 1. The number of pyridine rings is 1. The molecule has 0 aliphatic carbocycles. The fourth-order valence-corrected chi connectivity index (χ4v) is 2.75. The van der Waals surface area contributed by atoms with Crippen LogP contribution in [0.5, 0.6) is 5.75 Å². The highest BCUT2D eigenvalue weighted by Crippen LogP contribution is 2.27. The Morgan fingerprint density at radius 2 is 2.19 bits per heavy atom. The lowest BCUT2D eigenvalue weighted by Gasteiger charge is -2.11. The van der Waals surface area contributed by atoms with Crippen molar-refractivity contribution in [2.24, 2.45) is 7.05 Å². The smallest absolute Gasteiger partial charge is 0.216 e. The molecule has 0 saturated carbocycles. The minimum Gasteiger partial charge on any atom is -0.493 e. The van der Waals surface area contributed by atoms with Gasteiger partial charge in [0.15, 0.2) is 5.69 Å². The standard InChI is InChI=1S/C19H20N6O2/c1-12-9-14(5-6-18(12)27-8-4-7-21-13(2)26)15-10-17-19(16(11-20)22-15)23-24-25(17)3/h5-6,9-10H,4,7-8H2,1-3H3,(H,21,26). The Kier molecular flexibility index (Phi) is 5.31. The number of rotatable bonds is 6. The molecule has 0 aliphatic rings. The zero-order valence-electron chi connectivity index (χ0n) is 15.5. The Hall–Kier alpha value is -3.47. The summed E-state index contributed by atoms with van der Waals surface area (Å²) in [7, 11) is 1.78. The maximum absolute atomic E-state index is 10.8. The third-order valence-corrected chi connectivity index (χ3v) is 4.13. The van der Waals surface area contributed by atoms with Crippen LogP contribution in [0.1, 0.15) is 24.6 Å². The van der Waals surface area contributed by atoms with Crippen molar-refractivity contribution in [1.82, 2.24) is 25.3 Å². The first-order valence-corrected chi connectivity index (χ1v) is 8.58. The number of nitrogens with zero attached hydrogens (tertiary/aromatic N) is 5. The highest BCUT2D eigenvalue weighted by molar-refractivity contribution is 5.83. The van der Waals surface area contributed by atoms with Crippen molar-refractivity contribution in [3.63, 3.8) is 0 Å². The molecule has 3 rings (SSSR count). The first kappa shape index (κ1) is 18.3. The third kappa shape index (κ3) is 4.03. The number of ether oxygens (including phenoxy) is 1. The summed E-state index contributed by atoms with van der Waals surface area (Å²) in [5.41, 5.74) is 4.05. The van der Waals surface area contributed by atoms with Gasteiger partial charge in [-0.25, -0.2) is 9.67 Å². The second-order valence-electron chi connectivity index (χ2n) is 6.21. The molecular weight excluding hydrogens is 344 g/mol. The molecule has 2 aromatic heterocycles. The van der Waals surface area contributed by atoms with Crippen LogP contribution in [0.2, 0.25) is 0 Å². The Labute approximate surface area is 156 Å². The fourth-order valence-electron chi connectivity index (χ4n) is 2.75. The molecule has 0 fully saturated rings. The molecule has 0 spiro atoms. The van der Waals surface area contributed by atoms with E-state index in [2.05, 4.69) is 26.7 Å². The number of hydrogen-bond donors (Lipinski definition) is 1. The molecule has 0 bridgehead atoms. The van der Waals surface area contributed by atoms with Crippen molar-refractivity contribution in [2.75, 3.05) is 13.2 Å². The van der Waals surface area contributed by atoms with Crippen LogP contribution >= 0.6 is 0 Å². The number of nitriles is 1. The minimum absolute atomic E-state index is 0.0413. The molecule has 0 unspecified atom stereocenters. The largest absolute Gasteiger partial charge is 0.493 e. The van der Waals surface area contributed by atoms with Crippen molar-refractivity contribution in [3.8, 4) is 23.1 Å². The average Bonchev–Trinajstić information content (AvgIpc) is 3.02. The van der Waals surface area contributed by atoms with Crippen molar-refractivity contribution in [3.05, 3.63) is 35.5 Å². The van der Waals surface area contributed by atoms with Gasteiger partial charge in [-0.15, -0.1) is 5.10 Å². The van der Waals surface area contributed by atoms with Gasteiger partial charge in [-0.2, -0.15) is 5.26 Å². The van der Waals surface area contributed by atoms with E-state index in [0.29, 0.717) is 24.4 Å². The molecule has 8 nitrogen and oxygen atoms in total. The summed E-state index contributed by atoms with van der Waals surface area (Å²) in [6.45, 7) is 4.56. The van der Waals surface area contributed by atoms with Gasteiger partial charge in [0, 0.05) is 26.1 Å². The molecule has 27 heavy (non-hydrogen) atoms. The topological polar surface area (TPSA) is 106 Å². The van der Waals surface area contributed by atoms with Gasteiger partial charge in [-0.05, 0) is 43.2 Å². The first-order valence-electron chi connectivity index (χ1n) is 8.58. The Morgan fingerprint density at radius 3 is 2.89 bits per heavy atom. The zero-order valence-corrected chi connectivity index (χ0v) is 15.5. The van der Waals surface area contributed by atoms with E-state index in [4.69, 9.17) is 4.74 Å². The highest BCUT2D eigenvalue weighted by Gasteiger charge is 2.13. The fraction of sp³-hybridized carbons (Fsp3) is 0.316. The van der Waals surface area contributed by atoms with Crippen LogP contribution in [0.15, 0.2) is 24.3 Å². The van der Waals surface area contributed by atoms with Gasteiger partial charge in [-0.1, -0.05) is 5.21 Å². The monoisotopic (exact) mass is 364 g/mol. The van der Waals surface area contributed by atoms with Crippen LogP contribution in [0, 0.1) is 18.3 Å². The van der Waals surface area contributed by atoms with Gasteiger partial charge < -0.3 is 10.1 Å². The van der Waals surface area contributed by atoms with E-state index in [1.807, 2.05) is 31.2 Å². The number of benzene rings is 1. The summed E-state index contributed by atoms with van der Waals surface area (Å²) < 4.78 is 7.41. The van der Waals surface area contributed by atoms with E-state index < -0.39 is 0 Å². The Bertz CT molecular complexity index is 1030. The molecule has 0 saturated heterocycles. The molecule has 0 atom stereocenters. The van der Waals surface area contributed by atoms with Gasteiger partial charge in [-0.3, -0.25) is 4.79 Å². The molecule has 3 aromatic rings. The van der Waals surface area contributed by atoms with Crippen molar-refractivity contribution in [2.45, 2.75) is 20.3 Å². The van der Waals surface area contributed by atoms with Gasteiger partial charge in [0.25, 0.3) is 0 Å². The summed E-state index contributed by atoms with van der Waals surface area (Å²) >= 11 is 0. The van der Waals surface area contributed by atoms with Crippen LogP contribution in [0.25, 0.3) is 22.3 Å². The van der Waals surface area contributed by atoms with Crippen molar-refractivity contribution >= 4 is 16.9 Å². The third-order valence-electron chi connectivity index (χ3n) is 4.13. The number of aryl methyl sites for hydroxylation is 2. The predicted octanol–water partition coefficient (Wildman–Crippen LogP) is 2.12. The Morgan fingerprint density at radius 1 is 1.37 bits per heavy atom. The summed E-state index contributed by atoms with van der Waals surface area (Å²) in [6.07, 6.45) is 0.734. The first-order chi connectivity index (χ1) is 13.0. The normalized spacial score (nSPS) is 10.6. The van der Waals surface area contributed by atoms with Gasteiger partial charge >= 0.3 is 0 Å². The van der Waals surface area contributed by atoms with Crippen molar-refractivity contribution < 1.29 is 9.53 Å². The summed E-state index contributed by atoms with van der Waals surface area (Å²) in [5.74, 6) is 0.741. The summed E-state index contributed by atoms with van der Waals surface area (Å²) in [6, 6.07) is 9.74. The maximum atomic E-state index is 10.8. The molecule has 2 heterocycles. The van der Waals surface area contributed by atoms with E-state index in [0.717, 1.165) is 28.8 Å². The second kappa shape index (κ2) is 7.83. The molecule has 1 N–H and O–H groups in total. The lowest BCUT2D eigenvalue weighted by atomic mass is 10.1. The van der Waals surface area contributed by atoms with E-state index in [1.54, 1.807) is 11.7 Å². The SMILES string of the molecule is CC(=O)NCCCOc1ccc(-c2cc3c(nnn3C)c(C#N)n2)cc1C. The number of carbonyl (C=O) groups excluding carboxylic acids is 1. The molecule has 138 valence electrons. The lowest BCUT2D eigenvalue weighted by Crippen LogP contribution is -2.22. The number of nitrogens with one attached hydrogen (secondary N) is 1. The number of aromatic nitrogens is 4. The highest BCUT2D eigenvalue weighted by atomic mass is 16.5. The van der Waals surface area contributed by atoms with Crippen LogP contribution in [-0.2, 0) is 11.8 Å². The quantitative estimate of drug-likeness (QED) is 0.672. The van der Waals surface area contributed by atoms with E-state index in [9.17, 15) is 10.1 Å². The number of amides is 1. The van der Waals surface area contributed by atoms with Crippen molar-refractivity contribution in [1.29, 1.82) is 5.26 Å². The summed E-state index contributed by atoms with van der Waals surface area (Å²) in [5, 5.41) is 20.0. The minimum atomic E-state index is -0.0413. The van der Waals surface area contributed by atoms with Crippen LogP contribution in [0.3, 0.4) is 0 Å². The molecule has 1 amide bonds. The van der Waals surface area contributed by atoms with E-state index in [-0.39, 0.29) is 11.6 Å². The molecule has 0 aliphatic heterocycles. The average molecular weight is 364 g/mol.